The van der Waals surface area contributed by atoms with E-state index in [0.29, 0.717) is 5.69 Å². The lowest BCUT2D eigenvalue weighted by Gasteiger charge is -1.99. The summed E-state index contributed by atoms with van der Waals surface area (Å²) in [7, 11) is 0. The van der Waals surface area contributed by atoms with Crippen molar-refractivity contribution in [1.29, 1.82) is 0 Å². The van der Waals surface area contributed by atoms with E-state index in [1.165, 1.54) is 0 Å². The van der Waals surface area contributed by atoms with Crippen LogP contribution in [-0.2, 0) is 6.42 Å². The summed E-state index contributed by atoms with van der Waals surface area (Å²) in [5, 5.41) is 10.2. The number of halogens is 1. The maximum absolute atomic E-state index is 11.1. The van der Waals surface area contributed by atoms with Gasteiger partial charge >= 0.3 is 5.97 Å². The Kier molecular flexibility index (Phi) is 4.18. The molecule has 0 fully saturated rings. The highest BCUT2D eigenvalue weighted by molar-refractivity contribution is 5.97. The standard InChI is InChI=1S/C13H15NO2.ClH/c1-3-4-9-10-7-8(2)5-6-11(10)14-12(9)13(15)16;/h5-7,14H,3-4H2,1-2H3,(H,15,16);1H. The van der Waals surface area contributed by atoms with Crippen LogP contribution >= 0.6 is 12.4 Å². The fraction of sp³-hybridized carbons (Fsp3) is 0.308. The number of carboxylic acid groups (broad SMARTS) is 1. The second kappa shape index (κ2) is 5.23. The van der Waals surface area contributed by atoms with Crippen molar-refractivity contribution in [2.24, 2.45) is 0 Å². The van der Waals surface area contributed by atoms with E-state index in [1.807, 2.05) is 25.1 Å². The fourth-order valence-electron chi connectivity index (χ4n) is 2.05. The number of carbonyl (C=O) groups is 1. The maximum atomic E-state index is 11.1. The van der Waals surface area contributed by atoms with Crippen molar-refractivity contribution in [2.75, 3.05) is 0 Å². The quantitative estimate of drug-likeness (QED) is 0.879. The van der Waals surface area contributed by atoms with Crippen molar-refractivity contribution >= 4 is 29.3 Å². The summed E-state index contributed by atoms with van der Waals surface area (Å²) in [5.74, 6) is -0.877. The van der Waals surface area contributed by atoms with E-state index in [9.17, 15) is 4.79 Å². The third-order valence-corrected chi connectivity index (χ3v) is 2.78. The summed E-state index contributed by atoms with van der Waals surface area (Å²) in [5.41, 5.74) is 3.32. The lowest BCUT2D eigenvalue weighted by molar-refractivity contribution is 0.0690. The zero-order valence-electron chi connectivity index (χ0n) is 9.91. The second-order valence-electron chi connectivity index (χ2n) is 4.08. The minimum Gasteiger partial charge on any atom is -0.477 e. The Morgan fingerprint density at radius 1 is 1.41 bits per heavy atom. The van der Waals surface area contributed by atoms with Crippen LogP contribution in [0.1, 0.15) is 35.0 Å². The summed E-state index contributed by atoms with van der Waals surface area (Å²) < 4.78 is 0. The van der Waals surface area contributed by atoms with Gasteiger partial charge in [0.25, 0.3) is 0 Å². The van der Waals surface area contributed by atoms with Gasteiger partial charge in [0.1, 0.15) is 5.69 Å². The molecule has 0 saturated heterocycles. The van der Waals surface area contributed by atoms with Crippen molar-refractivity contribution in [3.05, 3.63) is 35.0 Å². The van der Waals surface area contributed by atoms with Gasteiger partial charge < -0.3 is 10.1 Å². The number of fused-ring (bicyclic) bond motifs is 1. The number of aromatic carboxylic acids is 1. The molecule has 0 saturated carbocycles. The average molecular weight is 254 g/mol. The lowest BCUT2D eigenvalue weighted by atomic mass is 10.0. The monoisotopic (exact) mass is 253 g/mol. The zero-order chi connectivity index (χ0) is 11.7. The highest BCUT2D eigenvalue weighted by Crippen LogP contribution is 2.25. The molecule has 1 aromatic carbocycles. The summed E-state index contributed by atoms with van der Waals surface area (Å²) >= 11 is 0. The van der Waals surface area contributed by atoms with E-state index >= 15 is 0 Å². The minimum absolute atomic E-state index is 0. The van der Waals surface area contributed by atoms with Gasteiger partial charge in [-0.2, -0.15) is 0 Å². The molecule has 0 atom stereocenters. The van der Waals surface area contributed by atoms with E-state index in [4.69, 9.17) is 5.11 Å². The highest BCUT2D eigenvalue weighted by atomic mass is 35.5. The molecule has 0 bridgehead atoms. The normalized spacial score (nSPS) is 10.2. The Labute approximate surface area is 106 Å². The topological polar surface area (TPSA) is 53.1 Å². The molecule has 1 aromatic heterocycles. The number of hydrogen-bond donors (Lipinski definition) is 2. The van der Waals surface area contributed by atoms with Crippen molar-refractivity contribution < 1.29 is 9.90 Å². The number of rotatable bonds is 3. The molecule has 0 spiro atoms. The molecule has 2 rings (SSSR count). The summed E-state index contributed by atoms with van der Waals surface area (Å²) in [6.45, 7) is 4.07. The third-order valence-electron chi connectivity index (χ3n) is 2.78. The maximum Gasteiger partial charge on any atom is 0.352 e. The van der Waals surface area contributed by atoms with Crippen molar-refractivity contribution in [2.45, 2.75) is 26.7 Å². The molecule has 17 heavy (non-hydrogen) atoms. The Balaban J connectivity index is 0.00000144. The molecule has 3 nitrogen and oxygen atoms in total. The molecular formula is C13H16ClNO2. The number of carboxylic acids is 1. The molecule has 92 valence electrons. The van der Waals surface area contributed by atoms with Crippen LogP contribution in [-0.4, -0.2) is 16.1 Å². The molecule has 0 aliphatic carbocycles. The van der Waals surface area contributed by atoms with Gasteiger partial charge in [0, 0.05) is 10.9 Å². The van der Waals surface area contributed by atoms with Crippen LogP contribution in [0.25, 0.3) is 10.9 Å². The number of benzene rings is 1. The molecule has 0 unspecified atom stereocenters. The first kappa shape index (κ1) is 13.6. The van der Waals surface area contributed by atoms with Gasteiger partial charge in [-0.25, -0.2) is 4.79 Å². The van der Waals surface area contributed by atoms with Crippen LogP contribution < -0.4 is 0 Å². The zero-order valence-corrected chi connectivity index (χ0v) is 10.7. The second-order valence-corrected chi connectivity index (χ2v) is 4.08. The summed E-state index contributed by atoms with van der Waals surface area (Å²) in [6.07, 6.45) is 1.74. The Hall–Kier alpha value is -1.48. The van der Waals surface area contributed by atoms with Gasteiger partial charge in [0.15, 0.2) is 0 Å². The van der Waals surface area contributed by atoms with E-state index in [2.05, 4.69) is 11.9 Å². The molecule has 0 amide bonds. The Morgan fingerprint density at radius 3 is 2.71 bits per heavy atom. The van der Waals surface area contributed by atoms with Crippen molar-refractivity contribution in [3.63, 3.8) is 0 Å². The summed E-state index contributed by atoms with van der Waals surface area (Å²) in [6, 6.07) is 5.97. The van der Waals surface area contributed by atoms with Crippen molar-refractivity contribution in [1.82, 2.24) is 4.98 Å². The Morgan fingerprint density at radius 2 is 2.12 bits per heavy atom. The first-order chi connectivity index (χ1) is 7.63. The van der Waals surface area contributed by atoms with Crippen LogP contribution in [0.3, 0.4) is 0 Å². The number of aryl methyl sites for hydroxylation is 2. The largest absolute Gasteiger partial charge is 0.477 e. The van der Waals surface area contributed by atoms with E-state index in [0.717, 1.165) is 34.9 Å². The number of hydrogen-bond acceptors (Lipinski definition) is 1. The predicted octanol–water partition coefficient (Wildman–Crippen LogP) is 3.55. The SMILES string of the molecule is CCCc1c(C(=O)O)[nH]c2ccc(C)cc12.Cl. The molecule has 0 aliphatic heterocycles. The number of aromatic nitrogens is 1. The highest BCUT2D eigenvalue weighted by Gasteiger charge is 2.15. The Bertz CT molecular complexity index is 546. The third kappa shape index (κ3) is 2.44. The first-order valence-electron chi connectivity index (χ1n) is 5.48. The van der Waals surface area contributed by atoms with Crippen LogP contribution in [0.15, 0.2) is 18.2 Å². The molecule has 0 aliphatic rings. The molecule has 2 aromatic rings. The average Bonchev–Trinajstić information content (AvgIpc) is 2.58. The van der Waals surface area contributed by atoms with Crippen LogP contribution in [0.5, 0.6) is 0 Å². The van der Waals surface area contributed by atoms with E-state index in [-0.39, 0.29) is 12.4 Å². The minimum atomic E-state index is -0.877. The van der Waals surface area contributed by atoms with Gasteiger partial charge in [-0.3, -0.25) is 0 Å². The molecule has 4 heteroatoms. The van der Waals surface area contributed by atoms with E-state index < -0.39 is 5.97 Å². The van der Waals surface area contributed by atoms with Crippen LogP contribution in [0, 0.1) is 6.92 Å². The molecule has 2 N–H and O–H groups in total. The predicted molar refractivity (Wildman–Crippen MR) is 71.2 cm³/mol. The molecule has 0 radical (unpaired) electrons. The fourth-order valence-corrected chi connectivity index (χ4v) is 2.05. The van der Waals surface area contributed by atoms with Gasteiger partial charge in [0.05, 0.1) is 0 Å². The van der Waals surface area contributed by atoms with Crippen LogP contribution in [0.4, 0.5) is 0 Å². The van der Waals surface area contributed by atoms with E-state index in [1.54, 1.807) is 0 Å². The first-order valence-corrected chi connectivity index (χ1v) is 5.48. The lowest BCUT2D eigenvalue weighted by Crippen LogP contribution is -2.00. The van der Waals surface area contributed by atoms with Gasteiger partial charge in [-0.05, 0) is 31.0 Å². The van der Waals surface area contributed by atoms with Gasteiger partial charge in [-0.15, -0.1) is 12.4 Å². The molecular weight excluding hydrogens is 238 g/mol. The number of nitrogens with one attached hydrogen (secondary N) is 1. The van der Waals surface area contributed by atoms with Gasteiger partial charge in [0.2, 0.25) is 0 Å². The number of H-pyrrole nitrogens is 1. The van der Waals surface area contributed by atoms with Crippen molar-refractivity contribution in [3.8, 4) is 0 Å². The summed E-state index contributed by atoms with van der Waals surface area (Å²) in [4.78, 5) is 14.1. The number of aromatic amines is 1. The van der Waals surface area contributed by atoms with Crippen LogP contribution in [0.2, 0.25) is 0 Å². The van der Waals surface area contributed by atoms with Gasteiger partial charge in [-0.1, -0.05) is 25.0 Å². The smallest absolute Gasteiger partial charge is 0.352 e. The molecule has 1 heterocycles.